The lowest BCUT2D eigenvalue weighted by Crippen LogP contribution is -2.40. The molecule has 0 aromatic heterocycles. The second-order valence-electron chi connectivity index (χ2n) is 5.48. The first-order chi connectivity index (χ1) is 11.5. The van der Waals surface area contributed by atoms with Gasteiger partial charge in [-0.15, -0.1) is 0 Å². The van der Waals surface area contributed by atoms with Crippen molar-refractivity contribution in [2.24, 2.45) is 0 Å². The lowest BCUT2D eigenvalue weighted by atomic mass is 10.1. The Morgan fingerprint density at radius 1 is 1.08 bits per heavy atom. The molecule has 0 bridgehead atoms. The lowest BCUT2D eigenvalue weighted by molar-refractivity contribution is -0.146. The van der Waals surface area contributed by atoms with E-state index >= 15 is 0 Å². The number of carbonyl (C=O) groups excluding carboxylic acids is 3. The highest BCUT2D eigenvalue weighted by Crippen LogP contribution is 2.04. The molecular formula is C18H26N2O4. The van der Waals surface area contributed by atoms with Gasteiger partial charge in [0.05, 0.1) is 6.61 Å². The highest BCUT2D eigenvalue weighted by Gasteiger charge is 2.16. The van der Waals surface area contributed by atoms with Gasteiger partial charge in [-0.1, -0.05) is 30.3 Å². The van der Waals surface area contributed by atoms with E-state index in [1.807, 2.05) is 30.3 Å². The van der Waals surface area contributed by atoms with Gasteiger partial charge in [0.2, 0.25) is 11.8 Å². The van der Waals surface area contributed by atoms with Crippen molar-refractivity contribution in [3.8, 4) is 0 Å². The molecule has 1 rings (SSSR count). The van der Waals surface area contributed by atoms with Gasteiger partial charge in [-0.3, -0.25) is 9.59 Å². The van der Waals surface area contributed by atoms with Gasteiger partial charge in [0.25, 0.3) is 0 Å². The van der Waals surface area contributed by atoms with Crippen LogP contribution in [0.15, 0.2) is 30.3 Å². The van der Waals surface area contributed by atoms with E-state index in [-0.39, 0.29) is 31.4 Å². The van der Waals surface area contributed by atoms with E-state index in [4.69, 9.17) is 4.74 Å². The normalized spacial score (nSPS) is 11.4. The first-order valence-electron chi connectivity index (χ1n) is 8.29. The molecule has 1 aromatic carbocycles. The van der Waals surface area contributed by atoms with Gasteiger partial charge in [-0.25, -0.2) is 4.79 Å². The molecule has 0 aliphatic heterocycles. The third kappa shape index (κ3) is 8.31. The topological polar surface area (TPSA) is 84.5 Å². The molecule has 6 nitrogen and oxygen atoms in total. The van der Waals surface area contributed by atoms with Crippen molar-refractivity contribution < 1.29 is 19.1 Å². The molecule has 0 aliphatic rings. The van der Waals surface area contributed by atoms with Crippen LogP contribution in [0.5, 0.6) is 0 Å². The van der Waals surface area contributed by atoms with Crippen molar-refractivity contribution >= 4 is 17.8 Å². The van der Waals surface area contributed by atoms with E-state index in [1.165, 1.54) is 5.56 Å². The quantitative estimate of drug-likeness (QED) is 0.636. The summed E-state index contributed by atoms with van der Waals surface area (Å²) in [6.45, 7) is 3.81. The summed E-state index contributed by atoms with van der Waals surface area (Å²) in [6, 6.07) is 9.31. The van der Waals surface area contributed by atoms with Crippen LogP contribution in [0.2, 0.25) is 0 Å². The molecule has 2 amide bonds. The van der Waals surface area contributed by atoms with Crippen molar-refractivity contribution in [1.29, 1.82) is 0 Å². The third-order valence-electron chi connectivity index (χ3n) is 3.40. The molecular weight excluding hydrogens is 308 g/mol. The monoisotopic (exact) mass is 334 g/mol. The van der Waals surface area contributed by atoms with Crippen molar-refractivity contribution in [3.05, 3.63) is 35.9 Å². The third-order valence-corrected chi connectivity index (χ3v) is 3.40. The molecule has 24 heavy (non-hydrogen) atoms. The number of hydrogen-bond acceptors (Lipinski definition) is 4. The number of rotatable bonds is 10. The van der Waals surface area contributed by atoms with Crippen molar-refractivity contribution in [2.75, 3.05) is 13.2 Å². The molecule has 0 heterocycles. The summed E-state index contributed by atoms with van der Waals surface area (Å²) in [5, 5.41) is 5.25. The minimum Gasteiger partial charge on any atom is -0.464 e. The average molecular weight is 334 g/mol. The summed E-state index contributed by atoms with van der Waals surface area (Å²) in [4.78, 5) is 34.8. The number of benzene rings is 1. The highest BCUT2D eigenvalue weighted by molar-refractivity contribution is 5.84. The molecule has 0 fully saturated rings. The van der Waals surface area contributed by atoms with Crippen LogP contribution < -0.4 is 10.6 Å². The van der Waals surface area contributed by atoms with E-state index < -0.39 is 12.0 Å². The van der Waals surface area contributed by atoms with Gasteiger partial charge < -0.3 is 15.4 Å². The zero-order chi connectivity index (χ0) is 17.8. The van der Waals surface area contributed by atoms with Crippen LogP contribution in [0.3, 0.4) is 0 Å². The number of aryl methyl sites for hydroxylation is 1. The largest absolute Gasteiger partial charge is 0.464 e. The van der Waals surface area contributed by atoms with Gasteiger partial charge >= 0.3 is 5.97 Å². The number of carbonyl (C=O) groups is 3. The fraction of sp³-hybridized carbons (Fsp3) is 0.500. The van der Waals surface area contributed by atoms with Gasteiger partial charge in [-0.05, 0) is 32.3 Å². The first kappa shape index (κ1) is 19.7. The van der Waals surface area contributed by atoms with Crippen LogP contribution in [-0.2, 0) is 25.5 Å². The van der Waals surface area contributed by atoms with Gasteiger partial charge in [-0.2, -0.15) is 0 Å². The average Bonchev–Trinajstić information content (AvgIpc) is 2.56. The van der Waals surface area contributed by atoms with Crippen LogP contribution in [0, 0.1) is 0 Å². The molecule has 1 atom stereocenters. The van der Waals surface area contributed by atoms with Crippen LogP contribution in [0.4, 0.5) is 0 Å². The van der Waals surface area contributed by atoms with Gasteiger partial charge in [0.15, 0.2) is 0 Å². The predicted molar refractivity (Wildman–Crippen MR) is 91.2 cm³/mol. The number of nitrogens with one attached hydrogen (secondary N) is 2. The number of ether oxygens (including phenoxy) is 1. The molecule has 0 spiro atoms. The first-order valence-corrected chi connectivity index (χ1v) is 8.29. The maximum absolute atomic E-state index is 11.7. The molecule has 0 aliphatic carbocycles. The number of hydrogen-bond donors (Lipinski definition) is 2. The minimum absolute atomic E-state index is 0.0721. The number of amides is 2. The van der Waals surface area contributed by atoms with Crippen LogP contribution in [0.25, 0.3) is 0 Å². The standard InChI is InChI=1S/C18H26N2O4/c1-3-24-18(23)14(2)20-17(22)12-13-19-16(21)11-7-10-15-8-5-4-6-9-15/h4-6,8-9,14H,3,7,10-13H2,1-2H3,(H,19,21)(H,20,22). The molecule has 6 heteroatoms. The second kappa shape index (κ2) is 11.2. The Bertz CT molecular complexity index is 531. The molecule has 1 unspecified atom stereocenters. The SMILES string of the molecule is CCOC(=O)C(C)NC(=O)CCNC(=O)CCCc1ccccc1. The smallest absolute Gasteiger partial charge is 0.328 e. The molecule has 132 valence electrons. The zero-order valence-electron chi connectivity index (χ0n) is 14.3. The number of esters is 1. The van der Waals surface area contributed by atoms with Crippen LogP contribution in [0.1, 0.15) is 38.7 Å². The van der Waals surface area contributed by atoms with E-state index in [2.05, 4.69) is 10.6 Å². The van der Waals surface area contributed by atoms with E-state index in [0.29, 0.717) is 6.42 Å². The van der Waals surface area contributed by atoms with E-state index in [1.54, 1.807) is 13.8 Å². The Morgan fingerprint density at radius 2 is 1.79 bits per heavy atom. The summed E-state index contributed by atoms with van der Waals surface area (Å²) < 4.78 is 4.80. The maximum atomic E-state index is 11.7. The molecule has 2 N–H and O–H groups in total. The maximum Gasteiger partial charge on any atom is 0.328 e. The van der Waals surface area contributed by atoms with Crippen LogP contribution in [-0.4, -0.2) is 37.0 Å². The summed E-state index contributed by atoms with van der Waals surface area (Å²) in [6.07, 6.45) is 2.18. The predicted octanol–water partition coefficient (Wildman–Crippen LogP) is 1.58. The summed E-state index contributed by atoms with van der Waals surface area (Å²) in [5.74, 6) is -0.826. The summed E-state index contributed by atoms with van der Waals surface area (Å²) in [5.41, 5.74) is 1.21. The Hall–Kier alpha value is -2.37. The highest BCUT2D eigenvalue weighted by atomic mass is 16.5. The van der Waals surface area contributed by atoms with E-state index in [0.717, 1.165) is 12.8 Å². The molecule has 0 saturated heterocycles. The Labute approximate surface area is 143 Å². The van der Waals surface area contributed by atoms with Gasteiger partial charge in [0.1, 0.15) is 6.04 Å². The second-order valence-corrected chi connectivity index (χ2v) is 5.48. The van der Waals surface area contributed by atoms with Crippen molar-refractivity contribution in [2.45, 2.75) is 45.6 Å². The summed E-state index contributed by atoms with van der Waals surface area (Å²) >= 11 is 0. The Balaban J connectivity index is 2.12. The van der Waals surface area contributed by atoms with Crippen molar-refractivity contribution in [1.82, 2.24) is 10.6 Å². The minimum atomic E-state index is -0.681. The van der Waals surface area contributed by atoms with Crippen LogP contribution >= 0.6 is 0 Å². The fourth-order valence-corrected chi connectivity index (χ4v) is 2.14. The Morgan fingerprint density at radius 3 is 2.46 bits per heavy atom. The summed E-state index contributed by atoms with van der Waals surface area (Å²) in [7, 11) is 0. The molecule has 0 radical (unpaired) electrons. The molecule has 0 saturated carbocycles. The van der Waals surface area contributed by atoms with E-state index in [9.17, 15) is 14.4 Å². The fourth-order valence-electron chi connectivity index (χ4n) is 2.14. The van der Waals surface area contributed by atoms with Gasteiger partial charge in [0, 0.05) is 19.4 Å². The van der Waals surface area contributed by atoms with Crippen molar-refractivity contribution in [3.63, 3.8) is 0 Å². The lowest BCUT2D eigenvalue weighted by Gasteiger charge is -2.12. The Kier molecular flexibility index (Phi) is 9.19. The molecule has 1 aromatic rings. The zero-order valence-corrected chi connectivity index (χ0v) is 14.3.